The van der Waals surface area contributed by atoms with Crippen molar-refractivity contribution in [2.75, 3.05) is 12.3 Å². The van der Waals surface area contributed by atoms with E-state index in [4.69, 9.17) is 10.5 Å². The van der Waals surface area contributed by atoms with E-state index in [2.05, 4.69) is 9.97 Å². The Labute approximate surface area is 158 Å². The number of fused-ring (bicyclic) bond motifs is 1. The lowest BCUT2D eigenvalue weighted by atomic mass is 10.2. The van der Waals surface area contributed by atoms with Gasteiger partial charge >= 0.3 is 11.7 Å². The SMILES string of the molecule is CCCn1c(N)c(C(=O)COC(=O)c2ccc3ccccc3n2)c(=O)[nH]c1=O. The topological polar surface area (TPSA) is 137 Å². The third-order valence-electron chi connectivity index (χ3n) is 4.11. The Bertz CT molecular complexity index is 1180. The number of hydrogen-bond donors (Lipinski definition) is 2. The normalized spacial score (nSPS) is 10.8. The molecule has 1 aromatic carbocycles. The minimum absolute atomic E-state index is 0.0318. The fourth-order valence-electron chi connectivity index (χ4n) is 2.76. The molecule has 0 amide bonds. The van der Waals surface area contributed by atoms with Crippen LogP contribution >= 0.6 is 0 Å². The quantitative estimate of drug-likeness (QED) is 0.481. The Hall–Kier alpha value is -3.75. The number of aromatic amines is 1. The number of esters is 1. The first-order valence-corrected chi connectivity index (χ1v) is 8.61. The van der Waals surface area contributed by atoms with Gasteiger partial charge in [0.1, 0.15) is 17.1 Å². The lowest BCUT2D eigenvalue weighted by Gasteiger charge is -2.11. The van der Waals surface area contributed by atoms with Crippen LogP contribution in [0.2, 0.25) is 0 Å². The molecule has 3 rings (SSSR count). The largest absolute Gasteiger partial charge is 0.453 e. The molecule has 28 heavy (non-hydrogen) atoms. The van der Waals surface area contributed by atoms with Crippen molar-refractivity contribution in [1.29, 1.82) is 0 Å². The van der Waals surface area contributed by atoms with Gasteiger partial charge in [-0.05, 0) is 18.6 Å². The number of para-hydroxylation sites is 1. The van der Waals surface area contributed by atoms with E-state index in [0.717, 1.165) is 9.95 Å². The van der Waals surface area contributed by atoms with Crippen molar-refractivity contribution >= 4 is 28.5 Å². The van der Waals surface area contributed by atoms with E-state index in [0.29, 0.717) is 11.9 Å². The van der Waals surface area contributed by atoms with Crippen molar-refractivity contribution in [3.05, 3.63) is 68.5 Å². The highest BCUT2D eigenvalue weighted by atomic mass is 16.5. The first-order chi connectivity index (χ1) is 13.4. The van der Waals surface area contributed by atoms with Crippen LogP contribution in [0.25, 0.3) is 10.9 Å². The van der Waals surface area contributed by atoms with Gasteiger partial charge in [0.25, 0.3) is 5.56 Å². The number of Topliss-reactive ketones (excluding diaryl/α,β-unsaturated/α-hetero) is 1. The molecule has 0 saturated heterocycles. The first-order valence-electron chi connectivity index (χ1n) is 8.61. The van der Waals surface area contributed by atoms with Gasteiger partial charge in [-0.1, -0.05) is 31.2 Å². The molecule has 144 valence electrons. The number of nitrogens with zero attached hydrogens (tertiary/aromatic N) is 2. The van der Waals surface area contributed by atoms with Crippen LogP contribution in [0.3, 0.4) is 0 Å². The van der Waals surface area contributed by atoms with Gasteiger partial charge in [0, 0.05) is 11.9 Å². The molecule has 0 atom stereocenters. The zero-order valence-corrected chi connectivity index (χ0v) is 15.1. The number of hydrogen-bond acceptors (Lipinski definition) is 7. The molecule has 2 heterocycles. The van der Waals surface area contributed by atoms with E-state index >= 15 is 0 Å². The average Bonchev–Trinajstić information content (AvgIpc) is 2.68. The molecule has 0 bridgehead atoms. The Balaban J connectivity index is 1.80. The van der Waals surface area contributed by atoms with Crippen molar-refractivity contribution in [2.24, 2.45) is 0 Å². The third-order valence-corrected chi connectivity index (χ3v) is 4.11. The van der Waals surface area contributed by atoms with Gasteiger partial charge in [-0.25, -0.2) is 14.6 Å². The van der Waals surface area contributed by atoms with Crippen LogP contribution in [0.1, 0.15) is 34.2 Å². The third kappa shape index (κ3) is 3.68. The molecule has 9 nitrogen and oxygen atoms in total. The highest BCUT2D eigenvalue weighted by molar-refractivity contribution is 6.02. The number of benzene rings is 1. The molecule has 0 saturated carbocycles. The summed E-state index contributed by atoms with van der Waals surface area (Å²) in [5, 5.41) is 0.854. The molecule has 0 aliphatic rings. The predicted molar refractivity (Wildman–Crippen MR) is 102 cm³/mol. The average molecular weight is 382 g/mol. The van der Waals surface area contributed by atoms with Crippen LogP contribution in [0.4, 0.5) is 5.82 Å². The smallest absolute Gasteiger partial charge is 0.357 e. The number of H-pyrrole nitrogens is 1. The second kappa shape index (κ2) is 7.87. The highest BCUT2D eigenvalue weighted by Gasteiger charge is 2.21. The summed E-state index contributed by atoms with van der Waals surface area (Å²) in [6, 6.07) is 10.4. The molecule has 0 radical (unpaired) electrons. The van der Waals surface area contributed by atoms with Crippen molar-refractivity contribution in [1.82, 2.24) is 14.5 Å². The molecule has 0 spiro atoms. The number of nitrogen functional groups attached to an aromatic ring is 1. The van der Waals surface area contributed by atoms with E-state index < -0.39 is 35.2 Å². The van der Waals surface area contributed by atoms with E-state index in [1.807, 2.05) is 19.1 Å². The molecule has 0 aliphatic carbocycles. The zero-order chi connectivity index (χ0) is 20.3. The number of carbonyl (C=O) groups excluding carboxylic acids is 2. The van der Waals surface area contributed by atoms with Gasteiger partial charge in [0.05, 0.1) is 5.52 Å². The van der Waals surface area contributed by atoms with Crippen LogP contribution < -0.4 is 17.0 Å². The van der Waals surface area contributed by atoms with Crippen LogP contribution in [-0.4, -0.2) is 32.9 Å². The van der Waals surface area contributed by atoms with Crippen molar-refractivity contribution in [3.63, 3.8) is 0 Å². The van der Waals surface area contributed by atoms with E-state index in [-0.39, 0.29) is 18.1 Å². The number of pyridine rings is 1. The number of aromatic nitrogens is 3. The number of nitrogens with two attached hydrogens (primary N) is 1. The first kappa shape index (κ1) is 19.0. The number of carbonyl (C=O) groups is 2. The second-order valence-corrected chi connectivity index (χ2v) is 6.06. The molecule has 3 N–H and O–H groups in total. The number of rotatable bonds is 6. The van der Waals surface area contributed by atoms with Crippen molar-refractivity contribution < 1.29 is 14.3 Å². The Kier molecular flexibility index (Phi) is 5.35. The van der Waals surface area contributed by atoms with Gasteiger partial charge in [-0.3, -0.25) is 19.1 Å². The molecule has 2 aromatic heterocycles. The van der Waals surface area contributed by atoms with Gasteiger partial charge in [-0.15, -0.1) is 0 Å². The summed E-state index contributed by atoms with van der Waals surface area (Å²) >= 11 is 0. The molecule has 0 aliphatic heterocycles. The Morgan fingerprint density at radius 2 is 1.93 bits per heavy atom. The molecule has 0 fully saturated rings. The van der Waals surface area contributed by atoms with E-state index in [1.165, 1.54) is 6.07 Å². The van der Waals surface area contributed by atoms with E-state index in [1.54, 1.807) is 18.2 Å². The maximum absolute atomic E-state index is 12.4. The number of nitrogens with one attached hydrogen (secondary N) is 1. The summed E-state index contributed by atoms with van der Waals surface area (Å²) in [5.41, 5.74) is 4.44. The second-order valence-electron chi connectivity index (χ2n) is 6.06. The van der Waals surface area contributed by atoms with Gasteiger partial charge in [0.15, 0.2) is 6.61 Å². The summed E-state index contributed by atoms with van der Waals surface area (Å²) < 4.78 is 6.09. The molecule has 3 aromatic rings. The standard InChI is InChI=1S/C19H18N4O5/c1-2-9-23-16(20)15(17(25)22-19(23)27)14(24)10-28-18(26)13-8-7-11-5-3-4-6-12(11)21-13/h3-8H,2,9-10,20H2,1H3,(H,22,25,27). The van der Waals surface area contributed by atoms with Crippen molar-refractivity contribution in [2.45, 2.75) is 19.9 Å². The maximum atomic E-state index is 12.4. The summed E-state index contributed by atoms with van der Waals surface area (Å²) in [5.74, 6) is -1.87. The minimum Gasteiger partial charge on any atom is -0.453 e. The van der Waals surface area contributed by atoms with Crippen LogP contribution in [0, 0.1) is 0 Å². The van der Waals surface area contributed by atoms with Crippen LogP contribution in [0.15, 0.2) is 46.0 Å². The van der Waals surface area contributed by atoms with Crippen LogP contribution in [-0.2, 0) is 11.3 Å². The Morgan fingerprint density at radius 3 is 2.68 bits per heavy atom. The maximum Gasteiger partial charge on any atom is 0.357 e. The van der Waals surface area contributed by atoms with E-state index in [9.17, 15) is 19.2 Å². The minimum atomic E-state index is -0.917. The van der Waals surface area contributed by atoms with Gasteiger partial charge in [-0.2, -0.15) is 0 Å². The molecule has 9 heteroatoms. The van der Waals surface area contributed by atoms with Crippen molar-refractivity contribution in [3.8, 4) is 0 Å². The lowest BCUT2D eigenvalue weighted by Crippen LogP contribution is -2.37. The zero-order valence-electron chi connectivity index (χ0n) is 15.1. The summed E-state index contributed by atoms with van der Waals surface area (Å²) in [7, 11) is 0. The summed E-state index contributed by atoms with van der Waals surface area (Å²) in [6.07, 6.45) is 0.576. The Morgan fingerprint density at radius 1 is 1.18 bits per heavy atom. The monoisotopic (exact) mass is 382 g/mol. The van der Waals surface area contributed by atoms with Crippen LogP contribution in [0.5, 0.6) is 0 Å². The highest BCUT2D eigenvalue weighted by Crippen LogP contribution is 2.13. The fraction of sp³-hybridized carbons (Fsp3) is 0.211. The molecule has 0 unspecified atom stereocenters. The lowest BCUT2D eigenvalue weighted by molar-refractivity contribution is 0.0469. The molecular weight excluding hydrogens is 364 g/mol. The number of anilines is 1. The fourth-order valence-corrected chi connectivity index (χ4v) is 2.76. The number of ketones is 1. The molecular formula is C19H18N4O5. The predicted octanol–water partition coefficient (Wildman–Crippen LogP) is 1.12. The van der Waals surface area contributed by atoms with Gasteiger partial charge in [0.2, 0.25) is 5.78 Å². The summed E-state index contributed by atoms with van der Waals surface area (Å²) in [6.45, 7) is 1.35. The number of ether oxygens (including phenoxy) is 1. The van der Waals surface area contributed by atoms with Gasteiger partial charge < -0.3 is 10.5 Å². The summed E-state index contributed by atoms with van der Waals surface area (Å²) in [4.78, 5) is 54.6.